The summed E-state index contributed by atoms with van der Waals surface area (Å²) in [7, 11) is 1.48. The molecular weight excluding hydrogens is 542 g/mol. The third-order valence-corrected chi connectivity index (χ3v) is 7.43. The minimum Gasteiger partial charge on any atom is -0.503 e. The van der Waals surface area contributed by atoms with E-state index in [0.29, 0.717) is 12.0 Å². The molecule has 1 heterocycles. The predicted octanol–water partition coefficient (Wildman–Crippen LogP) is 7.75. The molecule has 2 aromatic carbocycles. The summed E-state index contributed by atoms with van der Waals surface area (Å²) in [5.41, 5.74) is 3.17. The number of amides is 1. The van der Waals surface area contributed by atoms with Crippen molar-refractivity contribution in [2.45, 2.75) is 84.4 Å². The van der Waals surface area contributed by atoms with Gasteiger partial charge in [0.1, 0.15) is 5.60 Å². The molecule has 1 saturated carbocycles. The Morgan fingerprint density at radius 2 is 1.76 bits per heavy atom. The first kappa shape index (κ1) is 30.4. The zero-order valence-electron chi connectivity index (χ0n) is 24.6. The lowest BCUT2D eigenvalue weighted by atomic mass is 9.90. The molecule has 0 aliphatic heterocycles. The number of hydrogen-bond acceptors (Lipinski definition) is 7. The number of nitrogens with one attached hydrogen (secondary N) is 2. The number of carbonyl (C=O) groups is 2. The van der Waals surface area contributed by atoms with Crippen LogP contribution in [0.3, 0.4) is 0 Å². The number of aromatic nitrogens is 1. The predicted molar refractivity (Wildman–Crippen MR) is 163 cm³/mol. The van der Waals surface area contributed by atoms with E-state index in [2.05, 4.69) is 15.6 Å². The molecule has 4 rings (SSSR count). The van der Waals surface area contributed by atoms with Crippen LogP contribution in [0.25, 0.3) is 22.0 Å². The van der Waals surface area contributed by atoms with Gasteiger partial charge in [0.25, 0.3) is 0 Å². The topological polar surface area (TPSA) is 110 Å². The smallest absolute Gasteiger partial charge is 0.407 e. The molecule has 0 saturated heterocycles. The number of aromatic hydroxyl groups is 1. The number of fused-ring (bicyclic) bond motifs is 1. The highest BCUT2D eigenvalue weighted by Crippen LogP contribution is 2.40. The minimum absolute atomic E-state index is 0.0388. The Kier molecular flexibility index (Phi) is 9.32. The summed E-state index contributed by atoms with van der Waals surface area (Å²) in [6.07, 6.45) is 4.94. The number of carbonyl (C=O) groups excluding carboxylic acids is 2. The number of phenolic OH excluding ortho intramolecular Hbond substituents is 1. The molecule has 1 aliphatic rings. The highest BCUT2D eigenvalue weighted by atomic mass is 35.5. The maximum Gasteiger partial charge on any atom is 0.407 e. The zero-order valence-corrected chi connectivity index (χ0v) is 25.4. The Morgan fingerprint density at radius 3 is 2.39 bits per heavy atom. The molecule has 1 aliphatic carbocycles. The summed E-state index contributed by atoms with van der Waals surface area (Å²) in [5.74, 6) is 0.415. The molecule has 3 N–H and O–H groups in total. The van der Waals surface area contributed by atoms with E-state index in [9.17, 15) is 14.7 Å². The quantitative estimate of drug-likeness (QED) is 0.233. The molecule has 1 amide bonds. The van der Waals surface area contributed by atoms with Crippen molar-refractivity contribution in [3.63, 3.8) is 0 Å². The van der Waals surface area contributed by atoms with Crippen LogP contribution in [0.5, 0.6) is 11.5 Å². The fraction of sp³-hybridized carbons (Fsp3) is 0.469. The number of methoxy groups -OCH3 is 1. The number of nitrogens with zero attached hydrogens (tertiary/aromatic N) is 1. The number of rotatable bonds is 8. The van der Waals surface area contributed by atoms with Crippen LogP contribution >= 0.6 is 11.6 Å². The maximum atomic E-state index is 13.4. The van der Waals surface area contributed by atoms with Crippen molar-refractivity contribution in [1.82, 2.24) is 10.3 Å². The van der Waals surface area contributed by atoms with Gasteiger partial charge >= 0.3 is 6.09 Å². The molecule has 8 nitrogen and oxygen atoms in total. The van der Waals surface area contributed by atoms with Gasteiger partial charge in [-0.1, -0.05) is 31.5 Å². The number of Topliss-reactive ketones (excluding diaryl/α,β-unsaturated/α-hetero) is 1. The lowest BCUT2D eigenvalue weighted by molar-refractivity contribution is 0.0492. The second kappa shape index (κ2) is 12.6. The maximum absolute atomic E-state index is 13.4. The first-order valence-corrected chi connectivity index (χ1v) is 14.5. The van der Waals surface area contributed by atoms with E-state index in [1.165, 1.54) is 7.11 Å². The van der Waals surface area contributed by atoms with Crippen LogP contribution < -0.4 is 15.4 Å². The first-order chi connectivity index (χ1) is 19.3. The number of anilines is 1. The van der Waals surface area contributed by atoms with Crippen LogP contribution in [0.15, 0.2) is 36.5 Å². The molecule has 220 valence electrons. The van der Waals surface area contributed by atoms with Gasteiger partial charge in [0.2, 0.25) is 0 Å². The fourth-order valence-electron chi connectivity index (χ4n) is 5.18. The Balaban J connectivity index is 1.65. The normalized spacial score (nSPS) is 17.4. The van der Waals surface area contributed by atoms with Gasteiger partial charge in [0, 0.05) is 30.1 Å². The van der Waals surface area contributed by atoms with Crippen LogP contribution in [-0.2, 0) is 4.74 Å². The Labute approximate surface area is 246 Å². The van der Waals surface area contributed by atoms with Crippen molar-refractivity contribution < 1.29 is 24.2 Å². The number of phenols is 1. The van der Waals surface area contributed by atoms with Crippen LogP contribution in [-0.4, -0.2) is 46.8 Å². The highest BCUT2D eigenvalue weighted by molar-refractivity contribution is 6.32. The van der Waals surface area contributed by atoms with Gasteiger partial charge in [-0.3, -0.25) is 9.78 Å². The minimum atomic E-state index is -0.542. The monoisotopic (exact) mass is 581 g/mol. The van der Waals surface area contributed by atoms with E-state index < -0.39 is 11.7 Å². The summed E-state index contributed by atoms with van der Waals surface area (Å²) in [4.78, 5) is 30.2. The average molecular weight is 582 g/mol. The molecule has 9 heteroatoms. The molecule has 3 aromatic rings. The van der Waals surface area contributed by atoms with E-state index in [4.69, 9.17) is 21.1 Å². The number of halogens is 1. The van der Waals surface area contributed by atoms with Crippen molar-refractivity contribution >= 4 is 40.1 Å². The van der Waals surface area contributed by atoms with Gasteiger partial charge in [-0.05, 0) is 87.8 Å². The summed E-state index contributed by atoms with van der Waals surface area (Å²) >= 11 is 6.28. The van der Waals surface area contributed by atoms with Crippen molar-refractivity contribution in [3.05, 3.63) is 47.1 Å². The second-order valence-corrected chi connectivity index (χ2v) is 12.6. The van der Waals surface area contributed by atoms with Crippen molar-refractivity contribution in [2.24, 2.45) is 5.92 Å². The molecule has 1 fully saturated rings. The first-order valence-electron chi connectivity index (χ1n) is 14.1. The fourth-order valence-corrected chi connectivity index (χ4v) is 5.39. The lowest BCUT2D eigenvalue weighted by Crippen LogP contribution is -2.42. The molecule has 0 radical (unpaired) electrons. The lowest BCUT2D eigenvalue weighted by Gasteiger charge is -2.31. The summed E-state index contributed by atoms with van der Waals surface area (Å²) in [6.45, 7) is 9.60. The van der Waals surface area contributed by atoms with Crippen LogP contribution in [0.2, 0.25) is 5.02 Å². The van der Waals surface area contributed by atoms with Gasteiger partial charge in [-0.2, -0.15) is 0 Å². The van der Waals surface area contributed by atoms with Gasteiger partial charge in [0.15, 0.2) is 17.3 Å². The molecule has 0 unspecified atom stereocenters. The van der Waals surface area contributed by atoms with E-state index in [0.717, 1.165) is 53.4 Å². The third-order valence-electron chi connectivity index (χ3n) is 7.14. The van der Waals surface area contributed by atoms with E-state index in [1.54, 1.807) is 18.3 Å². The Morgan fingerprint density at radius 1 is 1.07 bits per heavy atom. The van der Waals surface area contributed by atoms with Crippen molar-refractivity contribution in [1.29, 1.82) is 0 Å². The molecular formula is C32H40ClN3O5. The van der Waals surface area contributed by atoms with E-state index in [1.807, 2.05) is 52.8 Å². The van der Waals surface area contributed by atoms with Gasteiger partial charge in [-0.25, -0.2) is 4.79 Å². The molecule has 0 spiro atoms. The summed E-state index contributed by atoms with van der Waals surface area (Å²) in [5, 5.41) is 17.9. The standard InChI is InChI=1S/C32H40ClN3O5/c1-18(2)13-27(37)24-17-34-26-12-7-19(20-15-25(33)30(38)28(16-20)40-6)14-23(26)29(24)35-21-8-10-22(11-9-21)36-31(39)41-32(3,4)5/h7,12,14-18,21-22,38H,8-11,13H2,1-6H3,(H,34,35)(H,36,39)/t21-,22-. The van der Waals surface area contributed by atoms with Gasteiger partial charge in [0.05, 0.1) is 28.9 Å². The van der Waals surface area contributed by atoms with E-state index >= 15 is 0 Å². The number of alkyl carbamates (subject to hydrolysis) is 1. The Bertz CT molecular complexity index is 1430. The summed E-state index contributed by atoms with van der Waals surface area (Å²) in [6, 6.07) is 9.43. The summed E-state index contributed by atoms with van der Waals surface area (Å²) < 4.78 is 10.7. The van der Waals surface area contributed by atoms with E-state index in [-0.39, 0.29) is 40.3 Å². The average Bonchev–Trinajstić information content (AvgIpc) is 2.89. The van der Waals surface area contributed by atoms with Crippen LogP contribution in [0.4, 0.5) is 10.5 Å². The Hall–Kier alpha value is -3.52. The van der Waals surface area contributed by atoms with Crippen molar-refractivity contribution in [2.75, 3.05) is 12.4 Å². The number of pyridine rings is 1. The van der Waals surface area contributed by atoms with Gasteiger partial charge < -0.3 is 25.2 Å². The third kappa shape index (κ3) is 7.61. The number of hydrogen-bond donors (Lipinski definition) is 3. The number of benzene rings is 2. The van der Waals surface area contributed by atoms with Gasteiger partial charge in [-0.15, -0.1) is 0 Å². The molecule has 0 bridgehead atoms. The molecule has 0 atom stereocenters. The highest BCUT2D eigenvalue weighted by Gasteiger charge is 2.27. The molecule has 41 heavy (non-hydrogen) atoms. The molecule has 1 aromatic heterocycles. The SMILES string of the molecule is COc1cc(-c2ccc3ncc(C(=O)CC(C)C)c(N[C@H]4CC[C@H](NC(=O)OC(C)(C)C)CC4)c3c2)cc(Cl)c1O. The zero-order chi connectivity index (χ0) is 29.9. The largest absolute Gasteiger partial charge is 0.503 e. The number of ether oxygens (including phenoxy) is 2. The van der Waals surface area contributed by atoms with Crippen LogP contribution in [0.1, 0.15) is 77.1 Å². The van der Waals surface area contributed by atoms with Crippen molar-refractivity contribution in [3.8, 4) is 22.6 Å². The number of ketones is 1. The van der Waals surface area contributed by atoms with Crippen LogP contribution in [0, 0.1) is 5.92 Å². The second-order valence-electron chi connectivity index (χ2n) is 12.1.